The fraction of sp³-hybridized carbons (Fsp3) is 0.267. The Kier molecular flexibility index (Phi) is 4.42. The molecule has 0 amide bonds. The molecule has 5 heteroatoms. The molecule has 0 fully saturated rings. The first-order chi connectivity index (χ1) is 9.74. The Bertz CT molecular complexity index is 656. The predicted molar refractivity (Wildman–Crippen MR) is 79.0 cm³/mol. The third-order valence-electron chi connectivity index (χ3n) is 3.13. The third kappa shape index (κ3) is 2.40. The molecular formula is C15H18N2O3. The maximum atomic E-state index is 9.13. The standard InChI is InChI=1S/C15H18N2O3/c1-11(16-18)15-13(8-9-19-2)12-6-4-5-7-14(12)17(15)10-20-3/h4-9,18H,10H2,1-3H3/b9-8+,16-11+. The van der Waals surface area contributed by atoms with E-state index in [1.165, 1.54) is 0 Å². The fourth-order valence-electron chi connectivity index (χ4n) is 2.34. The summed E-state index contributed by atoms with van der Waals surface area (Å²) in [5, 5.41) is 13.5. The van der Waals surface area contributed by atoms with E-state index in [0.717, 1.165) is 22.2 Å². The summed E-state index contributed by atoms with van der Waals surface area (Å²) in [6.45, 7) is 2.13. The van der Waals surface area contributed by atoms with E-state index in [1.54, 1.807) is 27.4 Å². The van der Waals surface area contributed by atoms with E-state index in [-0.39, 0.29) is 0 Å². The second-order valence-electron chi connectivity index (χ2n) is 4.35. The van der Waals surface area contributed by atoms with Crippen molar-refractivity contribution in [2.45, 2.75) is 13.7 Å². The SMILES string of the molecule is CO/C=C/c1c(/C(C)=N/O)n(COC)c2ccccc12. The normalized spacial score (nSPS) is 12.4. The maximum Gasteiger partial charge on any atom is 0.123 e. The summed E-state index contributed by atoms with van der Waals surface area (Å²) < 4.78 is 12.2. The Morgan fingerprint density at radius 1 is 1.35 bits per heavy atom. The quantitative estimate of drug-likeness (QED) is 0.394. The summed E-state index contributed by atoms with van der Waals surface area (Å²) in [7, 11) is 3.23. The Morgan fingerprint density at radius 3 is 2.75 bits per heavy atom. The molecule has 0 bridgehead atoms. The minimum Gasteiger partial charge on any atom is -0.504 e. The fourth-order valence-corrected chi connectivity index (χ4v) is 2.34. The highest BCUT2D eigenvalue weighted by atomic mass is 16.5. The Hall–Kier alpha value is -2.27. The van der Waals surface area contributed by atoms with E-state index in [0.29, 0.717) is 12.4 Å². The zero-order valence-electron chi connectivity index (χ0n) is 11.8. The molecule has 1 aromatic carbocycles. The van der Waals surface area contributed by atoms with Crippen molar-refractivity contribution in [1.82, 2.24) is 4.57 Å². The number of hydrogen-bond acceptors (Lipinski definition) is 4. The van der Waals surface area contributed by atoms with Crippen LogP contribution in [0, 0.1) is 0 Å². The monoisotopic (exact) mass is 274 g/mol. The molecule has 0 unspecified atom stereocenters. The Morgan fingerprint density at radius 2 is 2.10 bits per heavy atom. The van der Waals surface area contributed by atoms with Crippen LogP contribution in [0.15, 0.2) is 35.7 Å². The number of methoxy groups -OCH3 is 2. The molecule has 0 aliphatic rings. The zero-order valence-corrected chi connectivity index (χ0v) is 11.8. The van der Waals surface area contributed by atoms with Crippen molar-refractivity contribution in [3.63, 3.8) is 0 Å². The summed E-state index contributed by atoms with van der Waals surface area (Å²) in [4.78, 5) is 0. The number of ether oxygens (including phenoxy) is 2. The number of hydrogen-bond donors (Lipinski definition) is 1. The van der Waals surface area contributed by atoms with Crippen LogP contribution in [0.1, 0.15) is 18.2 Å². The van der Waals surface area contributed by atoms with Crippen molar-refractivity contribution in [3.8, 4) is 0 Å². The third-order valence-corrected chi connectivity index (χ3v) is 3.13. The first-order valence-electron chi connectivity index (χ1n) is 6.23. The van der Waals surface area contributed by atoms with Gasteiger partial charge in [-0.3, -0.25) is 0 Å². The highest BCUT2D eigenvalue weighted by Crippen LogP contribution is 2.28. The van der Waals surface area contributed by atoms with Crippen LogP contribution < -0.4 is 0 Å². The van der Waals surface area contributed by atoms with Gasteiger partial charge in [-0.1, -0.05) is 23.4 Å². The van der Waals surface area contributed by atoms with Crippen LogP contribution in [0.3, 0.4) is 0 Å². The molecule has 106 valence electrons. The number of oxime groups is 1. The number of benzene rings is 1. The summed E-state index contributed by atoms with van der Waals surface area (Å²) >= 11 is 0. The van der Waals surface area contributed by atoms with E-state index in [4.69, 9.17) is 14.7 Å². The Balaban J connectivity index is 2.81. The average Bonchev–Trinajstić information content (AvgIpc) is 2.79. The molecule has 2 aromatic rings. The first kappa shape index (κ1) is 14.1. The van der Waals surface area contributed by atoms with Gasteiger partial charge in [-0.2, -0.15) is 0 Å². The van der Waals surface area contributed by atoms with Gasteiger partial charge in [0.2, 0.25) is 0 Å². The summed E-state index contributed by atoms with van der Waals surface area (Å²) in [5.74, 6) is 0. The number of rotatable bonds is 5. The summed E-state index contributed by atoms with van der Waals surface area (Å²) in [6.07, 6.45) is 3.46. The number of para-hydroxylation sites is 1. The van der Waals surface area contributed by atoms with Crippen molar-refractivity contribution in [3.05, 3.63) is 41.8 Å². The smallest absolute Gasteiger partial charge is 0.123 e. The minimum atomic E-state index is 0.379. The number of fused-ring (bicyclic) bond motifs is 1. The van der Waals surface area contributed by atoms with Gasteiger partial charge in [0.05, 0.1) is 24.6 Å². The van der Waals surface area contributed by atoms with Crippen LogP contribution in [0.5, 0.6) is 0 Å². The molecule has 0 spiro atoms. The molecule has 0 saturated carbocycles. The van der Waals surface area contributed by atoms with Crippen LogP contribution in [0.25, 0.3) is 17.0 Å². The lowest BCUT2D eigenvalue weighted by Gasteiger charge is -2.09. The van der Waals surface area contributed by atoms with Crippen molar-refractivity contribution >= 4 is 22.7 Å². The number of nitrogens with zero attached hydrogens (tertiary/aromatic N) is 2. The van der Waals surface area contributed by atoms with Gasteiger partial charge >= 0.3 is 0 Å². The maximum absolute atomic E-state index is 9.13. The molecule has 0 atom stereocenters. The van der Waals surface area contributed by atoms with Crippen LogP contribution in [0.2, 0.25) is 0 Å². The van der Waals surface area contributed by atoms with Crippen molar-refractivity contribution in [1.29, 1.82) is 0 Å². The lowest BCUT2D eigenvalue weighted by atomic mass is 10.1. The van der Waals surface area contributed by atoms with Gasteiger partial charge in [-0.05, 0) is 19.1 Å². The largest absolute Gasteiger partial charge is 0.504 e. The van der Waals surface area contributed by atoms with Crippen LogP contribution in [-0.4, -0.2) is 29.7 Å². The Labute approximate surface area is 117 Å². The average molecular weight is 274 g/mol. The lowest BCUT2D eigenvalue weighted by Crippen LogP contribution is -2.10. The van der Waals surface area contributed by atoms with Crippen molar-refractivity contribution < 1.29 is 14.7 Å². The van der Waals surface area contributed by atoms with Gasteiger partial charge in [0.25, 0.3) is 0 Å². The molecule has 1 heterocycles. The molecule has 2 rings (SSSR count). The van der Waals surface area contributed by atoms with Gasteiger partial charge in [0.15, 0.2) is 0 Å². The van der Waals surface area contributed by atoms with Crippen LogP contribution in [0.4, 0.5) is 0 Å². The molecule has 0 aliphatic heterocycles. The van der Waals surface area contributed by atoms with E-state index in [2.05, 4.69) is 5.16 Å². The molecule has 0 aliphatic carbocycles. The zero-order chi connectivity index (χ0) is 14.5. The summed E-state index contributed by atoms with van der Waals surface area (Å²) in [5.41, 5.74) is 3.29. The molecular weight excluding hydrogens is 256 g/mol. The van der Waals surface area contributed by atoms with Crippen LogP contribution in [-0.2, 0) is 16.2 Å². The molecule has 1 aromatic heterocycles. The second-order valence-corrected chi connectivity index (χ2v) is 4.35. The molecule has 1 N–H and O–H groups in total. The van der Waals surface area contributed by atoms with Gasteiger partial charge in [0, 0.05) is 18.1 Å². The van der Waals surface area contributed by atoms with E-state index >= 15 is 0 Å². The van der Waals surface area contributed by atoms with E-state index in [1.807, 2.05) is 34.9 Å². The van der Waals surface area contributed by atoms with Crippen LogP contribution >= 0.6 is 0 Å². The highest BCUT2D eigenvalue weighted by molar-refractivity contribution is 6.07. The second kappa shape index (κ2) is 6.25. The van der Waals surface area contributed by atoms with E-state index < -0.39 is 0 Å². The predicted octanol–water partition coefficient (Wildman–Crippen LogP) is 3.06. The van der Waals surface area contributed by atoms with Gasteiger partial charge in [-0.15, -0.1) is 0 Å². The van der Waals surface area contributed by atoms with Crippen molar-refractivity contribution in [2.24, 2.45) is 5.16 Å². The molecule has 20 heavy (non-hydrogen) atoms. The minimum absolute atomic E-state index is 0.379. The molecule has 0 radical (unpaired) electrons. The highest BCUT2D eigenvalue weighted by Gasteiger charge is 2.17. The van der Waals surface area contributed by atoms with Crippen molar-refractivity contribution in [2.75, 3.05) is 14.2 Å². The van der Waals surface area contributed by atoms with Gasteiger partial charge in [0.1, 0.15) is 12.4 Å². The topological polar surface area (TPSA) is 56.0 Å². The van der Waals surface area contributed by atoms with Gasteiger partial charge < -0.3 is 19.2 Å². The summed E-state index contributed by atoms with van der Waals surface area (Å²) in [6, 6.07) is 7.96. The molecule has 5 nitrogen and oxygen atoms in total. The van der Waals surface area contributed by atoms with E-state index in [9.17, 15) is 0 Å². The lowest BCUT2D eigenvalue weighted by molar-refractivity contribution is 0.134. The first-order valence-corrected chi connectivity index (χ1v) is 6.23. The number of aromatic nitrogens is 1. The van der Waals surface area contributed by atoms with Gasteiger partial charge in [-0.25, -0.2) is 0 Å². The molecule has 0 saturated heterocycles.